The molecule has 1 aromatic rings. The Morgan fingerprint density at radius 1 is 1.33 bits per heavy atom. The number of phenolic OH excluding ortho intramolecular Hbond substituents is 1. The average Bonchev–Trinajstić information content (AvgIpc) is 2.17. The van der Waals surface area contributed by atoms with E-state index in [0.29, 0.717) is 0 Å². The van der Waals surface area contributed by atoms with E-state index < -0.39 is 17.9 Å². The van der Waals surface area contributed by atoms with Gasteiger partial charge >= 0.3 is 11.9 Å². The zero-order valence-electron chi connectivity index (χ0n) is 7.52. The number of aliphatic carboxylic acids is 1. The molecule has 0 radical (unpaired) electrons. The summed E-state index contributed by atoms with van der Waals surface area (Å²) in [5.41, 5.74) is 5.06. The SMILES string of the molecule is N[C@H](c1ccc(O)cc1)C(F)(F)C(=O)O. The molecule has 82 valence electrons. The zero-order valence-corrected chi connectivity index (χ0v) is 7.52. The Morgan fingerprint density at radius 3 is 2.20 bits per heavy atom. The molecule has 0 heterocycles. The van der Waals surface area contributed by atoms with Crippen molar-refractivity contribution in [1.29, 1.82) is 0 Å². The highest BCUT2D eigenvalue weighted by atomic mass is 19.3. The number of rotatable bonds is 3. The number of nitrogens with two attached hydrogens (primary N) is 1. The van der Waals surface area contributed by atoms with Gasteiger partial charge in [-0.1, -0.05) is 12.1 Å². The molecule has 0 bridgehead atoms. The third-order valence-corrected chi connectivity index (χ3v) is 1.93. The van der Waals surface area contributed by atoms with E-state index >= 15 is 0 Å². The lowest BCUT2D eigenvalue weighted by Gasteiger charge is -2.19. The van der Waals surface area contributed by atoms with Gasteiger partial charge in [0.1, 0.15) is 11.8 Å². The monoisotopic (exact) mass is 217 g/mol. The predicted molar refractivity (Wildman–Crippen MR) is 47.6 cm³/mol. The molecule has 0 aromatic heterocycles. The van der Waals surface area contributed by atoms with Gasteiger partial charge in [-0.15, -0.1) is 0 Å². The lowest BCUT2D eigenvalue weighted by atomic mass is 10.0. The Kier molecular flexibility index (Phi) is 2.90. The molecule has 6 heteroatoms. The van der Waals surface area contributed by atoms with Crippen LogP contribution in [0.2, 0.25) is 0 Å². The van der Waals surface area contributed by atoms with Crippen LogP contribution in [0.1, 0.15) is 11.6 Å². The van der Waals surface area contributed by atoms with Gasteiger partial charge in [-0.25, -0.2) is 4.79 Å². The number of phenols is 1. The van der Waals surface area contributed by atoms with Crippen LogP contribution < -0.4 is 5.73 Å². The van der Waals surface area contributed by atoms with Crippen LogP contribution in [-0.2, 0) is 4.79 Å². The van der Waals surface area contributed by atoms with Crippen molar-refractivity contribution in [2.75, 3.05) is 0 Å². The largest absolute Gasteiger partial charge is 0.508 e. The van der Waals surface area contributed by atoms with Gasteiger partial charge in [-0.05, 0) is 17.7 Å². The fourth-order valence-electron chi connectivity index (χ4n) is 1.02. The van der Waals surface area contributed by atoms with Crippen molar-refractivity contribution in [3.8, 4) is 5.75 Å². The van der Waals surface area contributed by atoms with Gasteiger partial charge in [0.15, 0.2) is 0 Å². The normalized spacial score (nSPS) is 13.5. The summed E-state index contributed by atoms with van der Waals surface area (Å²) in [4.78, 5) is 10.2. The molecule has 0 spiro atoms. The second-order valence-electron chi connectivity index (χ2n) is 3.00. The highest BCUT2D eigenvalue weighted by molar-refractivity contribution is 5.76. The molecule has 4 nitrogen and oxygen atoms in total. The summed E-state index contributed by atoms with van der Waals surface area (Å²) in [6.07, 6.45) is 0. The smallest absolute Gasteiger partial charge is 0.376 e. The van der Waals surface area contributed by atoms with Gasteiger partial charge in [0.2, 0.25) is 0 Å². The maximum Gasteiger partial charge on any atom is 0.376 e. The number of halogens is 2. The van der Waals surface area contributed by atoms with E-state index in [4.69, 9.17) is 15.9 Å². The van der Waals surface area contributed by atoms with Gasteiger partial charge in [-0.3, -0.25) is 0 Å². The molecule has 0 saturated carbocycles. The molecule has 4 N–H and O–H groups in total. The summed E-state index contributed by atoms with van der Waals surface area (Å²) >= 11 is 0. The number of carboxylic acid groups (broad SMARTS) is 1. The van der Waals surface area contributed by atoms with Gasteiger partial charge in [0.05, 0.1) is 0 Å². The van der Waals surface area contributed by atoms with Crippen LogP contribution in [0.15, 0.2) is 24.3 Å². The van der Waals surface area contributed by atoms with E-state index in [2.05, 4.69) is 0 Å². The molecule has 1 aromatic carbocycles. The summed E-state index contributed by atoms with van der Waals surface area (Å²) in [5.74, 6) is -6.41. The summed E-state index contributed by atoms with van der Waals surface area (Å²) < 4.78 is 25.9. The lowest BCUT2D eigenvalue weighted by Crippen LogP contribution is -2.40. The first-order chi connectivity index (χ1) is 6.85. The first-order valence-electron chi connectivity index (χ1n) is 4.01. The minimum atomic E-state index is -4.03. The van der Waals surface area contributed by atoms with Gasteiger partial charge in [0.25, 0.3) is 0 Å². The number of aromatic hydroxyl groups is 1. The molecule has 0 aliphatic heterocycles. The van der Waals surface area contributed by atoms with Gasteiger partial charge in [-0.2, -0.15) is 8.78 Å². The second kappa shape index (κ2) is 3.82. The Hall–Kier alpha value is -1.69. The number of hydrogen-bond donors (Lipinski definition) is 3. The quantitative estimate of drug-likeness (QED) is 0.708. The maximum atomic E-state index is 12.9. The van der Waals surface area contributed by atoms with Crippen molar-refractivity contribution < 1.29 is 23.8 Å². The highest BCUT2D eigenvalue weighted by Gasteiger charge is 2.46. The number of benzene rings is 1. The zero-order chi connectivity index (χ0) is 11.6. The minimum Gasteiger partial charge on any atom is -0.508 e. The molecule has 0 fully saturated rings. The highest BCUT2D eigenvalue weighted by Crippen LogP contribution is 2.30. The molecule has 0 aliphatic rings. The summed E-state index contributed by atoms with van der Waals surface area (Å²) in [5, 5.41) is 17.2. The predicted octanol–water partition coefficient (Wildman–Crippen LogP) is 1.11. The molecule has 1 rings (SSSR count). The molecular formula is C9H9F2NO3. The maximum absolute atomic E-state index is 12.9. The van der Waals surface area contributed by atoms with Gasteiger partial charge in [0, 0.05) is 0 Å². The molecule has 15 heavy (non-hydrogen) atoms. The van der Waals surface area contributed by atoms with Crippen molar-refractivity contribution in [3.63, 3.8) is 0 Å². The van der Waals surface area contributed by atoms with Crippen LogP contribution in [0.5, 0.6) is 5.75 Å². The molecule has 1 atom stereocenters. The van der Waals surface area contributed by atoms with E-state index in [-0.39, 0.29) is 11.3 Å². The Bertz CT molecular complexity index is 364. The van der Waals surface area contributed by atoms with Crippen molar-refractivity contribution in [1.82, 2.24) is 0 Å². The first-order valence-corrected chi connectivity index (χ1v) is 4.01. The summed E-state index contributed by atoms with van der Waals surface area (Å²) in [7, 11) is 0. The van der Waals surface area contributed by atoms with Crippen LogP contribution >= 0.6 is 0 Å². The fraction of sp³-hybridized carbons (Fsp3) is 0.222. The fourth-order valence-corrected chi connectivity index (χ4v) is 1.02. The number of carboxylic acids is 1. The van der Waals surface area contributed by atoms with Crippen molar-refractivity contribution >= 4 is 5.97 Å². The second-order valence-corrected chi connectivity index (χ2v) is 3.00. The summed E-state index contributed by atoms with van der Waals surface area (Å²) in [6, 6.07) is 2.68. The average molecular weight is 217 g/mol. The summed E-state index contributed by atoms with van der Waals surface area (Å²) in [6.45, 7) is 0. The molecule has 0 amide bonds. The van der Waals surface area contributed by atoms with E-state index in [9.17, 15) is 13.6 Å². The van der Waals surface area contributed by atoms with E-state index in [1.165, 1.54) is 0 Å². The minimum absolute atomic E-state index is 0.0554. The molecule has 0 aliphatic carbocycles. The Labute approximate surface area is 83.9 Å². The Morgan fingerprint density at radius 2 is 1.80 bits per heavy atom. The van der Waals surface area contributed by atoms with E-state index in [0.717, 1.165) is 24.3 Å². The third kappa shape index (κ3) is 2.21. The van der Waals surface area contributed by atoms with Crippen LogP contribution in [-0.4, -0.2) is 22.1 Å². The molecular weight excluding hydrogens is 208 g/mol. The van der Waals surface area contributed by atoms with Gasteiger partial charge < -0.3 is 15.9 Å². The molecule has 0 unspecified atom stereocenters. The number of carbonyl (C=O) groups is 1. The lowest BCUT2D eigenvalue weighted by molar-refractivity contribution is -0.168. The van der Waals surface area contributed by atoms with Crippen LogP contribution in [0.4, 0.5) is 8.78 Å². The van der Waals surface area contributed by atoms with Crippen molar-refractivity contribution in [2.24, 2.45) is 5.73 Å². The number of alkyl halides is 2. The third-order valence-electron chi connectivity index (χ3n) is 1.93. The van der Waals surface area contributed by atoms with Crippen LogP contribution in [0, 0.1) is 0 Å². The van der Waals surface area contributed by atoms with Crippen molar-refractivity contribution in [2.45, 2.75) is 12.0 Å². The van der Waals surface area contributed by atoms with E-state index in [1.54, 1.807) is 0 Å². The Balaban J connectivity index is 2.99. The topological polar surface area (TPSA) is 83.5 Å². The first kappa shape index (κ1) is 11.4. The van der Waals surface area contributed by atoms with Crippen LogP contribution in [0.3, 0.4) is 0 Å². The van der Waals surface area contributed by atoms with Crippen molar-refractivity contribution in [3.05, 3.63) is 29.8 Å². The molecule has 0 saturated heterocycles. The standard InChI is InChI=1S/C9H9F2NO3/c10-9(11,8(14)15)7(12)5-1-3-6(13)4-2-5/h1-4,7,13H,12H2,(H,14,15)/t7-/m1/s1. The van der Waals surface area contributed by atoms with Crippen LogP contribution in [0.25, 0.3) is 0 Å². The number of hydrogen-bond acceptors (Lipinski definition) is 3. The van der Waals surface area contributed by atoms with E-state index in [1.807, 2.05) is 0 Å².